The highest BCUT2D eigenvalue weighted by molar-refractivity contribution is 7.25. The predicted molar refractivity (Wildman–Crippen MR) is 217 cm³/mol. The summed E-state index contributed by atoms with van der Waals surface area (Å²) in [5.41, 5.74) is 8.23. The molecule has 0 saturated heterocycles. The molecule has 2 heteroatoms. The maximum Gasteiger partial charge on any atom is 0.0540 e. The molecule has 0 radical (unpaired) electrons. The van der Waals surface area contributed by atoms with Gasteiger partial charge in [0, 0.05) is 37.1 Å². The molecule has 10 rings (SSSR count). The molecule has 0 amide bonds. The number of thiophene rings is 1. The van der Waals surface area contributed by atoms with Crippen LogP contribution in [0.25, 0.3) is 74.7 Å². The number of rotatable bonds is 5. The van der Waals surface area contributed by atoms with E-state index in [1.165, 1.54) is 74.7 Å². The zero-order valence-corrected chi connectivity index (χ0v) is 28.1. The summed E-state index contributed by atoms with van der Waals surface area (Å²) in [6, 6.07) is 68.9. The van der Waals surface area contributed by atoms with Gasteiger partial charge in [0.05, 0.1) is 5.69 Å². The molecular formula is C48H31NS. The van der Waals surface area contributed by atoms with Gasteiger partial charge in [0.15, 0.2) is 0 Å². The second-order valence-electron chi connectivity index (χ2n) is 12.9. The van der Waals surface area contributed by atoms with Crippen LogP contribution in [0.1, 0.15) is 0 Å². The molecular weight excluding hydrogens is 623 g/mol. The van der Waals surface area contributed by atoms with Crippen molar-refractivity contribution in [3.05, 3.63) is 188 Å². The summed E-state index contributed by atoms with van der Waals surface area (Å²) in [5, 5.41) is 10.1. The molecule has 0 N–H and O–H groups in total. The molecule has 0 atom stereocenters. The highest BCUT2D eigenvalue weighted by Gasteiger charge is 2.19. The van der Waals surface area contributed by atoms with Gasteiger partial charge in [-0.3, -0.25) is 0 Å². The fourth-order valence-corrected chi connectivity index (χ4v) is 8.75. The standard InChI is InChI=1S/C48H31NS/c1-3-16-39-32(11-1)13-10-20-41(39)34-14-9-15-35(29-34)43-18-5-7-21-46(43)49(38-26-28-48-45(31-38)44-19-6-8-22-47(44)50-48)37-25-27-42-36(30-37)24-23-33-12-2-4-17-40(33)42/h1-31H. The SMILES string of the molecule is c1cc(-c2ccccc2N(c2ccc3c(ccc4ccccc43)c2)c2ccc3sc4ccccc4c3c2)cc(-c2cccc3ccccc23)c1. The van der Waals surface area contributed by atoms with E-state index in [0.717, 1.165) is 17.1 Å². The van der Waals surface area contributed by atoms with Crippen LogP contribution in [0.15, 0.2) is 188 Å². The highest BCUT2D eigenvalue weighted by Crippen LogP contribution is 2.45. The van der Waals surface area contributed by atoms with Crippen LogP contribution in [-0.2, 0) is 0 Å². The van der Waals surface area contributed by atoms with Gasteiger partial charge in [-0.2, -0.15) is 0 Å². The van der Waals surface area contributed by atoms with E-state index in [2.05, 4.69) is 193 Å². The van der Waals surface area contributed by atoms with Gasteiger partial charge in [0.2, 0.25) is 0 Å². The Balaban J connectivity index is 1.19. The molecule has 234 valence electrons. The summed E-state index contributed by atoms with van der Waals surface area (Å²) in [6.45, 7) is 0. The number of hydrogen-bond donors (Lipinski definition) is 0. The summed E-state index contributed by atoms with van der Waals surface area (Å²) in [4.78, 5) is 2.44. The van der Waals surface area contributed by atoms with Gasteiger partial charge < -0.3 is 4.90 Å². The minimum Gasteiger partial charge on any atom is -0.310 e. The van der Waals surface area contributed by atoms with Gasteiger partial charge in [0.1, 0.15) is 0 Å². The van der Waals surface area contributed by atoms with E-state index in [1.807, 2.05) is 11.3 Å². The van der Waals surface area contributed by atoms with Crippen LogP contribution < -0.4 is 4.90 Å². The Labute approximate surface area is 294 Å². The van der Waals surface area contributed by atoms with Crippen molar-refractivity contribution in [3.63, 3.8) is 0 Å². The minimum atomic E-state index is 1.13. The van der Waals surface area contributed by atoms with Crippen molar-refractivity contribution >= 4 is 80.9 Å². The molecule has 10 aromatic rings. The third-order valence-electron chi connectivity index (χ3n) is 10.0. The van der Waals surface area contributed by atoms with Crippen molar-refractivity contribution in [2.24, 2.45) is 0 Å². The lowest BCUT2D eigenvalue weighted by atomic mass is 9.94. The van der Waals surface area contributed by atoms with Crippen LogP contribution in [0.4, 0.5) is 17.1 Å². The minimum absolute atomic E-state index is 1.13. The van der Waals surface area contributed by atoms with E-state index >= 15 is 0 Å². The van der Waals surface area contributed by atoms with Crippen LogP contribution in [0, 0.1) is 0 Å². The van der Waals surface area contributed by atoms with Crippen LogP contribution >= 0.6 is 11.3 Å². The van der Waals surface area contributed by atoms with Crippen molar-refractivity contribution in [2.45, 2.75) is 0 Å². The second kappa shape index (κ2) is 11.7. The molecule has 1 nitrogen and oxygen atoms in total. The molecule has 0 bridgehead atoms. The third-order valence-corrected chi connectivity index (χ3v) is 11.2. The molecule has 9 aromatic carbocycles. The number of para-hydroxylation sites is 1. The number of hydrogen-bond acceptors (Lipinski definition) is 2. The Morgan fingerprint density at radius 2 is 0.900 bits per heavy atom. The Bertz CT molecular complexity index is 2890. The zero-order chi connectivity index (χ0) is 33.0. The van der Waals surface area contributed by atoms with E-state index < -0.39 is 0 Å². The average molecular weight is 654 g/mol. The molecule has 0 aliphatic rings. The second-order valence-corrected chi connectivity index (χ2v) is 14.0. The summed E-state index contributed by atoms with van der Waals surface area (Å²) in [7, 11) is 0. The van der Waals surface area contributed by atoms with Gasteiger partial charge in [-0.1, -0.05) is 140 Å². The normalized spacial score (nSPS) is 11.6. The molecule has 0 fully saturated rings. The number of benzene rings is 9. The van der Waals surface area contributed by atoms with Crippen LogP contribution in [0.3, 0.4) is 0 Å². The summed E-state index contributed by atoms with van der Waals surface area (Å²) in [6.07, 6.45) is 0. The fraction of sp³-hybridized carbons (Fsp3) is 0. The van der Waals surface area contributed by atoms with Crippen LogP contribution in [0.5, 0.6) is 0 Å². The molecule has 0 aliphatic heterocycles. The van der Waals surface area contributed by atoms with E-state index in [-0.39, 0.29) is 0 Å². The maximum absolute atomic E-state index is 2.44. The first-order chi connectivity index (χ1) is 24.8. The summed E-state index contributed by atoms with van der Waals surface area (Å²) in [5.74, 6) is 0. The number of fused-ring (bicyclic) bond motifs is 7. The lowest BCUT2D eigenvalue weighted by Crippen LogP contribution is -2.11. The molecule has 1 heterocycles. The first kappa shape index (κ1) is 28.8. The van der Waals surface area contributed by atoms with Gasteiger partial charge in [-0.15, -0.1) is 11.3 Å². The fourth-order valence-electron chi connectivity index (χ4n) is 7.66. The number of anilines is 3. The summed E-state index contributed by atoms with van der Waals surface area (Å²) < 4.78 is 2.62. The molecule has 0 aliphatic carbocycles. The number of nitrogens with zero attached hydrogens (tertiary/aromatic N) is 1. The molecule has 1 aromatic heterocycles. The molecule has 50 heavy (non-hydrogen) atoms. The monoisotopic (exact) mass is 653 g/mol. The predicted octanol–water partition coefficient (Wildman–Crippen LogP) is 14.3. The average Bonchev–Trinajstić information content (AvgIpc) is 3.56. The van der Waals surface area contributed by atoms with Crippen molar-refractivity contribution < 1.29 is 0 Å². The largest absolute Gasteiger partial charge is 0.310 e. The van der Waals surface area contributed by atoms with Crippen molar-refractivity contribution in [2.75, 3.05) is 4.90 Å². The van der Waals surface area contributed by atoms with Crippen LogP contribution in [0.2, 0.25) is 0 Å². The van der Waals surface area contributed by atoms with E-state index in [0.29, 0.717) is 0 Å². The lowest BCUT2D eigenvalue weighted by Gasteiger charge is -2.28. The van der Waals surface area contributed by atoms with Crippen molar-refractivity contribution in [3.8, 4) is 22.3 Å². The Morgan fingerprint density at radius 3 is 1.80 bits per heavy atom. The van der Waals surface area contributed by atoms with E-state index in [4.69, 9.17) is 0 Å². The Morgan fingerprint density at radius 1 is 0.320 bits per heavy atom. The van der Waals surface area contributed by atoms with E-state index in [9.17, 15) is 0 Å². The third kappa shape index (κ3) is 4.76. The van der Waals surface area contributed by atoms with Gasteiger partial charge in [0.25, 0.3) is 0 Å². The van der Waals surface area contributed by atoms with Gasteiger partial charge in [-0.05, 0) is 97.5 Å². The molecule has 0 spiro atoms. The summed E-state index contributed by atoms with van der Waals surface area (Å²) >= 11 is 1.86. The first-order valence-corrected chi connectivity index (χ1v) is 17.9. The van der Waals surface area contributed by atoms with Crippen LogP contribution in [-0.4, -0.2) is 0 Å². The first-order valence-electron chi connectivity index (χ1n) is 17.1. The quantitative estimate of drug-likeness (QED) is 0.167. The van der Waals surface area contributed by atoms with Gasteiger partial charge in [-0.25, -0.2) is 0 Å². The maximum atomic E-state index is 2.44. The molecule has 0 unspecified atom stereocenters. The Hall–Kier alpha value is -6.22. The zero-order valence-electron chi connectivity index (χ0n) is 27.3. The van der Waals surface area contributed by atoms with Crippen molar-refractivity contribution in [1.29, 1.82) is 0 Å². The topological polar surface area (TPSA) is 3.24 Å². The smallest absolute Gasteiger partial charge is 0.0540 e. The van der Waals surface area contributed by atoms with E-state index in [1.54, 1.807) is 0 Å². The van der Waals surface area contributed by atoms with Crippen molar-refractivity contribution in [1.82, 2.24) is 0 Å². The highest BCUT2D eigenvalue weighted by atomic mass is 32.1. The van der Waals surface area contributed by atoms with Gasteiger partial charge >= 0.3 is 0 Å². The lowest BCUT2D eigenvalue weighted by molar-refractivity contribution is 1.30. The molecule has 0 saturated carbocycles. The Kier molecular flexibility index (Phi) is 6.75.